The van der Waals surface area contributed by atoms with Crippen molar-refractivity contribution in [2.75, 3.05) is 12.3 Å². The Morgan fingerprint density at radius 2 is 1.83 bits per heavy atom. The first kappa shape index (κ1) is 33.2. The second kappa shape index (κ2) is 14.1. The molecule has 244 valence electrons. The molecule has 0 saturated carbocycles. The van der Waals surface area contributed by atoms with Crippen LogP contribution in [0.2, 0.25) is 0 Å². The van der Waals surface area contributed by atoms with Gasteiger partial charge in [-0.05, 0) is 66.2 Å². The van der Waals surface area contributed by atoms with Gasteiger partial charge in [-0.2, -0.15) is 4.99 Å². The molecule has 1 aliphatic carbocycles. The molecule has 1 aromatic heterocycles. The number of nitrogens with zero attached hydrogens (tertiary/aromatic N) is 5. The van der Waals surface area contributed by atoms with E-state index in [0.29, 0.717) is 34.8 Å². The number of rotatable bonds is 8. The number of carbonyl (C=O) groups is 1. The predicted octanol–water partition coefficient (Wildman–Crippen LogP) is 8.15. The van der Waals surface area contributed by atoms with E-state index in [1.165, 1.54) is 64.7 Å². The average molecular weight is 661 g/mol. The van der Waals surface area contributed by atoms with Crippen LogP contribution in [-0.4, -0.2) is 55.8 Å². The number of nitrogens with one attached hydrogen (secondary N) is 1. The third-order valence-electron chi connectivity index (χ3n) is 7.52. The van der Waals surface area contributed by atoms with Gasteiger partial charge in [0.2, 0.25) is 6.30 Å². The van der Waals surface area contributed by atoms with Crippen LogP contribution in [0.15, 0.2) is 83.3 Å². The number of amides is 2. The van der Waals surface area contributed by atoms with Crippen molar-refractivity contribution in [3.05, 3.63) is 83.8 Å². The number of allylic oxidation sites excluding steroid dienone is 3. The van der Waals surface area contributed by atoms with Crippen molar-refractivity contribution >= 4 is 23.0 Å². The van der Waals surface area contributed by atoms with Crippen LogP contribution >= 0.6 is 11.8 Å². The Bertz CT molecular complexity index is 1620. The predicted molar refractivity (Wildman–Crippen MR) is 167 cm³/mol. The van der Waals surface area contributed by atoms with E-state index < -0.39 is 24.9 Å². The van der Waals surface area contributed by atoms with Gasteiger partial charge in [-0.25, -0.2) is 23.2 Å². The first-order valence-corrected chi connectivity index (χ1v) is 15.7. The highest BCUT2D eigenvalue weighted by molar-refractivity contribution is 8.13. The van der Waals surface area contributed by atoms with Gasteiger partial charge < -0.3 is 15.0 Å². The molecule has 2 aliphatic rings. The van der Waals surface area contributed by atoms with Crippen LogP contribution in [0, 0.1) is 11.8 Å². The molecule has 0 bridgehead atoms. The van der Waals surface area contributed by atoms with Crippen LogP contribution in [0.4, 0.5) is 26.7 Å². The van der Waals surface area contributed by atoms with Crippen LogP contribution < -0.4 is 10.1 Å². The largest absolute Gasteiger partial charge is 0.573 e. The molecule has 2 aromatic carbocycles. The Kier molecular flexibility index (Phi) is 10.1. The molecule has 8 nitrogen and oxygen atoms in total. The maximum absolute atomic E-state index is 15.1. The number of aliphatic imine (C=N–C) groups is 1. The van der Waals surface area contributed by atoms with Crippen LogP contribution in [-0.2, 0) is 0 Å². The number of amidine groups is 1. The first-order valence-electron chi connectivity index (χ1n) is 14.8. The Morgan fingerprint density at radius 3 is 2.50 bits per heavy atom. The number of thioether (sulfide) groups is 1. The molecule has 2 heterocycles. The van der Waals surface area contributed by atoms with E-state index in [2.05, 4.69) is 52.7 Å². The molecule has 46 heavy (non-hydrogen) atoms. The number of urea groups is 1. The normalized spacial score (nSPS) is 19.5. The number of hydrogen-bond acceptors (Lipinski definition) is 5. The van der Waals surface area contributed by atoms with Crippen molar-refractivity contribution in [1.29, 1.82) is 0 Å². The number of aromatic nitrogens is 3. The van der Waals surface area contributed by atoms with Gasteiger partial charge in [0.1, 0.15) is 12.1 Å². The number of benzene rings is 2. The van der Waals surface area contributed by atoms with E-state index in [9.17, 15) is 22.4 Å². The molecule has 3 aromatic rings. The summed E-state index contributed by atoms with van der Waals surface area (Å²) in [6.45, 7) is 7.13. The van der Waals surface area contributed by atoms with Gasteiger partial charge >= 0.3 is 12.4 Å². The monoisotopic (exact) mass is 660 g/mol. The fraction of sp³-hybridized carbons (Fsp3) is 0.375. The molecule has 2 amide bonds. The maximum atomic E-state index is 15.1. The van der Waals surface area contributed by atoms with Crippen molar-refractivity contribution < 1.29 is 31.5 Å². The SMILES string of the molecule is CC(C)C1=C(N2CCCS/C2=N\C(=O)NC(F)C(F)c2ccc(-c3ncn(-c4ccc(OC(F)(F)F)cc4)n3)cc2)C=CCC1C. The maximum Gasteiger partial charge on any atom is 0.573 e. The summed E-state index contributed by atoms with van der Waals surface area (Å²) in [7, 11) is 0. The molecule has 1 aliphatic heterocycles. The highest BCUT2D eigenvalue weighted by Crippen LogP contribution is 2.35. The Balaban J connectivity index is 1.23. The van der Waals surface area contributed by atoms with Crippen molar-refractivity contribution in [2.24, 2.45) is 16.8 Å². The zero-order valence-electron chi connectivity index (χ0n) is 25.3. The van der Waals surface area contributed by atoms with Crippen LogP contribution in [0.1, 0.15) is 45.3 Å². The molecule has 14 heteroatoms. The van der Waals surface area contributed by atoms with Crippen molar-refractivity contribution in [3.8, 4) is 22.8 Å². The summed E-state index contributed by atoms with van der Waals surface area (Å²) in [6, 6.07) is 9.84. The fourth-order valence-corrected chi connectivity index (χ4v) is 6.41. The number of hydrogen-bond donors (Lipinski definition) is 1. The first-order chi connectivity index (χ1) is 21.9. The lowest BCUT2D eigenvalue weighted by molar-refractivity contribution is -0.274. The molecule has 3 atom stereocenters. The van der Waals surface area contributed by atoms with E-state index in [1.54, 1.807) is 0 Å². The van der Waals surface area contributed by atoms with Crippen molar-refractivity contribution in [2.45, 2.75) is 52.4 Å². The van der Waals surface area contributed by atoms with Gasteiger partial charge in [-0.15, -0.1) is 18.3 Å². The molecular weight excluding hydrogens is 627 g/mol. The number of alkyl halides is 5. The minimum Gasteiger partial charge on any atom is -0.406 e. The van der Waals surface area contributed by atoms with Crippen molar-refractivity contribution in [1.82, 2.24) is 25.0 Å². The van der Waals surface area contributed by atoms with Crippen LogP contribution in [0.5, 0.6) is 5.75 Å². The lowest BCUT2D eigenvalue weighted by Gasteiger charge is -2.36. The van der Waals surface area contributed by atoms with E-state index in [0.717, 1.165) is 36.4 Å². The minimum atomic E-state index is -4.80. The van der Waals surface area contributed by atoms with Crippen LogP contribution in [0.25, 0.3) is 17.1 Å². The summed E-state index contributed by atoms with van der Waals surface area (Å²) in [5.41, 5.74) is 3.22. The minimum absolute atomic E-state index is 0.00869. The lowest BCUT2D eigenvalue weighted by atomic mass is 9.84. The fourth-order valence-electron chi connectivity index (χ4n) is 5.46. The molecule has 1 saturated heterocycles. The highest BCUT2D eigenvalue weighted by Gasteiger charge is 2.31. The summed E-state index contributed by atoms with van der Waals surface area (Å²) in [5, 5.41) is 6.80. The van der Waals surface area contributed by atoms with Crippen molar-refractivity contribution in [3.63, 3.8) is 0 Å². The quantitative estimate of drug-likeness (QED) is 0.194. The third kappa shape index (κ3) is 7.95. The van der Waals surface area contributed by atoms with Gasteiger partial charge in [0.25, 0.3) is 0 Å². The molecular formula is C32H33F5N6O2S. The Hall–Kier alpha value is -4.20. The van der Waals surface area contributed by atoms with Gasteiger partial charge in [-0.3, -0.25) is 0 Å². The summed E-state index contributed by atoms with van der Waals surface area (Å²) >= 11 is 1.41. The second-order valence-corrected chi connectivity index (χ2v) is 12.3. The average Bonchev–Trinajstić information content (AvgIpc) is 3.51. The third-order valence-corrected chi connectivity index (χ3v) is 8.59. The molecule has 3 unspecified atom stereocenters. The molecule has 1 N–H and O–H groups in total. The highest BCUT2D eigenvalue weighted by atomic mass is 32.2. The summed E-state index contributed by atoms with van der Waals surface area (Å²) < 4.78 is 72.6. The standard InChI is InChI=1S/C32H33F5N6O2S/c1-19(2)26-20(3)6-4-7-25(26)42-16-5-17-46-31(42)40-30(44)39-28(34)27(33)21-8-10-22(11-9-21)29-38-18-43(41-29)23-12-14-24(15-13-23)45-32(35,36)37/h4,7-15,18-20,27-28H,5-6,16-17H2,1-3H3,(H,39,44)/b40-31-. The van der Waals surface area contributed by atoms with Gasteiger partial charge in [0, 0.05) is 23.6 Å². The molecule has 0 radical (unpaired) electrons. The number of ether oxygens (including phenoxy) is 1. The van der Waals surface area contributed by atoms with Gasteiger partial charge in [-0.1, -0.05) is 62.9 Å². The molecule has 0 spiro atoms. The topological polar surface area (TPSA) is 84.6 Å². The number of halogens is 5. The Labute approximate surface area is 267 Å². The lowest BCUT2D eigenvalue weighted by Crippen LogP contribution is -2.38. The molecule has 1 fully saturated rings. The smallest absolute Gasteiger partial charge is 0.406 e. The van der Waals surface area contributed by atoms with Gasteiger partial charge in [0.05, 0.1) is 5.69 Å². The number of carbonyl (C=O) groups excluding carboxylic acids is 1. The Morgan fingerprint density at radius 1 is 1.11 bits per heavy atom. The van der Waals surface area contributed by atoms with E-state index >= 15 is 4.39 Å². The van der Waals surface area contributed by atoms with Gasteiger partial charge in [0.15, 0.2) is 17.2 Å². The van der Waals surface area contributed by atoms with E-state index in [4.69, 9.17) is 0 Å². The summed E-state index contributed by atoms with van der Waals surface area (Å²) in [4.78, 5) is 23.1. The second-order valence-electron chi connectivity index (χ2n) is 11.2. The van der Waals surface area contributed by atoms with E-state index in [-0.39, 0.29) is 17.1 Å². The summed E-state index contributed by atoms with van der Waals surface area (Å²) in [5.74, 6) is 1.30. The van der Waals surface area contributed by atoms with Crippen LogP contribution in [0.3, 0.4) is 0 Å². The zero-order valence-corrected chi connectivity index (χ0v) is 26.2. The summed E-state index contributed by atoms with van der Waals surface area (Å²) in [6.07, 6.45) is -1.92. The molecule has 5 rings (SSSR count). The van der Waals surface area contributed by atoms with E-state index in [1.807, 2.05) is 10.2 Å². The zero-order chi connectivity index (χ0) is 33.0.